The number of nitrogens with zero attached hydrogens (tertiary/aromatic N) is 2. The fourth-order valence-electron chi connectivity index (χ4n) is 5.29. The summed E-state index contributed by atoms with van der Waals surface area (Å²) in [7, 11) is 0. The van der Waals surface area contributed by atoms with Crippen molar-refractivity contribution in [3.8, 4) is 0 Å². The molecule has 2 atom stereocenters. The van der Waals surface area contributed by atoms with E-state index in [-0.39, 0.29) is 17.7 Å². The first-order chi connectivity index (χ1) is 12.1. The van der Waals surface area contributed by atoms with E-state index in [1.807, 2.05) is 12.3 Å². The number of piperidine rings is 1. The quantitative estimate of drug-likeness (QED) is 0.804. The van der Waals surface area contributed by atoms with E-state index < -0.39 is 0 Å². The van der Waals surface area contributed by atoms with Gasteiger partial charge in [0.2, 0.25) is 5.91 Å². The third kappa shape index (κ3) is 3.13. The number of nitrogens with one attached hydrogen (secondary N) is 1. The summed E-state index contributed by atoms with van der Waals surface area (Å²) < 4.78 is 0. The molecular formula is C20H31N3O2. The Balaban J connectivity index is 1.45. The number of carbonyl (C=O) groups is 1. The molecule has 0 aromatic carbocycles. The fourth-order valence-corrected chi connectivity index (χ4v) is 5.29. The molecule has 5 nitrogen and oxygen atoms in total. The van der Waals surface area contributed by atoms with Crippen molar-refractivity contribution in [2.24, 2.45) is 5.41 Å². The minimum atomic E-state index is -0.183. The lowest BCUT2D eigenvalue weighted by molar-refractivity contribution is -0.142. The zero-order valence-electron chi connectivity index (χ0n) is 15.3. The zero-order valence-corrected chi connectivity index (χ0v) is 15.3. The van der Waals surface area contributed by atoms with Gasteiger partial charge < -0.3 is 15.3 Å². The molecule has 4 aliphatic rings. The molecule has 3 aliphatic heterocycles. The van der Waals surface area contributed by atoms with Gasteiger partial charge in [0, 0.05) is 25.7 Å². The van der Waals surface area contributed by atoms with Crippen LogP contribution < -0.4 is 5.32 Å². The zero-order chi connectivity index (χ0) is 17.4. The Morgan fingerprint density at radius 3 is 2.76 bits per heavy atom. The highest BCUT2D eigenvalue weighted by Gasteiger charge is 2.51. The van der Waals surface area contributed by atoms with Crippen molar-refractivity contribution in [2.45, 2.75) is 70.2 Å². The van der Waals surface area contributed by atoms with E-state index in [1.54, 1.807) is 0 Å². The maximum absolute atomic E-state index is 13.4. The van der Waals surface area contributed by atoms with Crippen LogP contribution in [0.4, 0.5) is 0 Å². The van der Waals surface area contributed by atoms with Crippen molar-refractivity contribution in [3.05, 3.63) is 23.9 Å². The molecule has 0 aromatic rings. The van der Waals surface area contributed by atoms with Gasteiger partial charge in [-0.25, -0.2) is 0 Å². The predicted molar refractivity (Wildman–Crippen MR) is 97.7 cm³/mol. The molecule has 1 spiro atoms. The molecule has 3 fully saturated rings. The van der Waals surface area contributed by atoms with Gasteiger partial charge >= 0.3 is 0 Å². The Bertz CT molecular complexity index is 579. The summed E-state index contributed by atoms with van der Waals surface area (Å²) in [5, 5.41) is 13.2. The summed E-state index contributed by atoms with van der Waals surface area (Å²) in [6.45, 7) is 4.99. The molecule has 3 heterocycles. The number of hydrogen-bond acceptors (Lipinski definition) is 4. The normalized spacial score (nSPS) is 39.6. The summed E-state index contributed by atoms with van der Waals surface area (Å²) in [4.78, 5) is 18.0. The molecule has 2 saturated heterocycles. The maximum atomic E-state index is 13.4. The molecule has 1 aliphatic carbocycles. The second-order valence-electron chi connectivity index (χ2n) is 8.40. The van der Waals surface area contributed by atoms with E-state index in [0.29, 0.717) is 11.9 Å². The monoisotopic (exact) mass is 345 g/mol. The average molecular weight is 345 g/mol. The molecule has 138 valence electrons. The highest BCUT2D eigenvalue weighted by Crippen LogP contribution is 2.43. The number of rotatable bonds is 2. The Morgan fingerprint density at radius 2 is 2.00 bits per heavy atom. The van der Waals surface area contributed by atoms with Gasteiger partial charge in [0.1, 0.15) is 6.17 Å². The van der Waals surface area contributed by atoms with Crippen molar-refractivity contribution in [1.82, 2.24) is 15.1 Å². The lowest BCUT2D eigenvalue weighted by atomic mass is 9.78. The lowest BCUT2D eigenvalue weighted by Gasteiger charge is -2.44. The summed E-state index contributed by atoms with van der Waals surface area (Å²) >= 11 is 0. The number of likely N-dealkylation sites (tertiary alicyclic amines) is 2. The molecule has 5 heteroatoms. The number of carbonyl (C=O) groups excluding carboxylic acids is 1. The van der Waals surface area contributed by atoms with E-state index in [0.717, 1.165) is 64.6 Å². The van der Waals surface area contributed by atoms with E-state index in [9.17, 15) is 9.90 Å². The van der Waals surface area contributed by atoms with Gasteiger partial charge in [-0.2, -0.15) is 0 Å². The standard InChI is InChI=1S/C20H31N3O2/c1-15-4-2-11-21-18(15)22-12-3-9-20(14-22)10-13-23(19(20)25)16-5-7-17(24)8-6-16/h2,4,11,16-18,21,24H,3,5-10,12-14H2,1H3/t16?,17?,18?,20-/m1/s1. The number of allylic oxidation sites excluding steroid dienone is 2. The molecule has 0 bridgehead atoms. The van der Waals surface area contributed by atoms with E-state index in [1.165, 1.54) is 5.57 Å². The highest BCUT2D eigenvalue weighted by atomic mass is 16.3. The number of aliphatic hydroxyl groups is 1. The SMILES string of the molecule is CC1=CC=CNC1N1CCC[C@@]2(CCN(C3CCC(O)CC3)C2=O)C1. The van der Waals surface area contributed by atoms with Crippen LogP contribution >= 0.6 is 0 Å². The second-order valence-corrected chi connectivity index (χ2v) is 8.40. The van der Waals surface area contributed by atoms with Gasteiger partial charge in [-0.15, -0.1) is 0 Å². The lowest BCUT2D eigenvalue weighted by Crippen LogP contribution is -2.55. The van der Waals surface area contributed by atoms with Gasteiger partial charge in [0.15, 0.2) is 0 Å². The molecule has 0 radical (unpaired) electrons. The minimum Gasteiger partial charge on any atom is -0.393 e. The molecule has 2 N–H and O–H groups in total. The fraction of sp³-hybridized carbons (Fsp3) is 0.750. The third-order valence-corrected chi connectivity index (χ3v) is 6.77. The first-order valence-corrected chi connectivity index (χ1v) is 9.92. The van der Waals surface area contributed by atoms with Crippen LogP contribution in [0.2, 0.25) is 0 Å². The van der Waals surface area contributed by atoms with E-state index in [4.69, 9.17) is 0 Å². The minimum absolute atomic E-state index is 0.159. The highest BCUT2D eigenvalue weighted by molar-refractivity contribution is 5.85. The van der Waals surface area contributed by atoms with Crippen LogP contribution in [0.15, 0.2) is 23.9 Å². The Kier molecular flexibility index (Phi) is 4.63. The van der Waals surface area contributed by atoms with Crippen molar-refractivity contribution < 1.29 is 9.90 Å². The molecule has 25 heavy (non-hydrogen) atoms. The van der Waals surface area contributed by atoms with Crippen LogP contribution in [0.1, 0.15) is 51.9 Å². The van der Waals surface area contributed by atoms with Crippen LogP contribution in [0.3, 0.4) is 0 Å². The van der Waals surface area contributed by atoms with Crippen molar-refractivity contribution in [2.75, 3.05) is 19.6 Å². The topological polar surface area (TPSA) is 55.8 Å². The average Bonchev–Trinajstić information content (AvgIpc) is 2.92. The van der Waals surface area contributed by atoms with Crippen LogP contribution in [-0.2, 0) is 4.79 Å². The second kappa shape index (κ2) is 6.76. The first-order valence-electron chi connectivity index (χ1n) is 9.92. The number of dihydropyridines is 1. The molecule has 4 rings (SSSR count). The van der Waals surface area contributed by atoms with Crippen molar-refractivity contribution in [3.63, 3.8) is 0 Å². The number of amides is 1. The van der Waals surface area contributed by atoms with Gasteiger partial charge in [0.25, 0.3) is 0 Å². The number of hydrogen-bond donors (Lipinski definition) is 2. The van der Waals surface area contributed by atoms with Crippen LogP contribution in [0.25, 0.3) is 0 Å². The maximum Gasteiger partial charge on any atom is 0.230 e. The van der Waals surface area contributed by atoms with Gasteiger partial charge in [-0.1, -0.05) is 6.08 Å². The largest absolute Gasteiger partial charge is 0.393 e. The molecular weight excluding hydrogens is 314 g/mol. The Hall–Kier alpha value is -1.33. The van der Waals surface area contributed by atoms with Gasteiger partial charge in [-0.05, 0) is 69.7 Å². The van der Waals surface area contributed by atoms with E-state index in [2.05, 4.69) is 28.1 Å². The summed E-state index contributed by atoms with van der Waals surface area (Å²) in [5.41, 5.74) is 1.14. The van der Waals surface area contributed by atoms with Gasteiger partial charge in [-0.3, -0.25) is 9.69 Å². The van der Waals surface area contributed by atoms with Crippen LogP contribution in [0.5, 0.6) is 0 Å². The van der Waals surface area contributed by atoms with Crippen molar-refractivity contribution >= 4 is 5.91 Å². The molecule has 0 aromatic heterocycles. The molecule has 1 amide bonds. The molecule has 1 saturated carbocycles. The summed E-state index contributed by atoms with van der Waals surface area (Å²) in [6.07, 6.45) is 13.0. The van der Waals surface area contributed by atoms with Gasteiger partial charge in [0.05, 0.1) is 11.5 Å². The Labute approximate surface area is 150 Å². The summed E-state index contributed by atoms with van der Waals surface area (Å²) in [5.74, 6) is 0.381. The molecule has 1 unspecified atom stereocenters. The predicted octanol–water partition coefficient (Wildman–Crippen LogP) is 1.99. The van der Waals surface area contributed by atoms with Crippen LogP contribution in [-0.4, -0.2) is 58.8 Å². The smallest absolute Gasteiger partial charge is 0.230 e. The number of aliphatic hydroxyl groups excluding tert-OH is 1. The van der Waals surface area contributed by atoms with E-state index >= 15 is 0 Å². The van der Waals surface area contributed by atoms with Crippen molar-refractivity contribution in [1.29, 1.82) is 0 Å². The first kappa shape index (κ1) is 17.1. The third-order valence-electron chi connectivity index (χ3n) is 6.77. The summed E-state index contributed by atoms with van der Waals surface area (Å²) in [6, 6.07) is 0.350. The van der Waals surface area contributed by atoms with Crippen LogP contribution in [0, 0.1) is 5.41 Å². The Morgan fingerprint density at radius 1 is 1.20 bits per heavy atom.